The number of rotatable bonds is 16. The largest absolute Gasteiger partial charge is 0.492 e. The number of anilines is 4. The van der Waals surface area contributed by atoms with Crippen molar-refractivity contribution in [2.45, 2.75) is 108 Å². The van der Waals surface area contributed by atoms with Gasteiger partial charge < -0.3 is 30.1 Å². The molecule has 19 nitrogen and oxygen atoms in total. The Morgan fingerprint density at radius 1 is 0.875 bits per heavy atom. The highest BCUT2D eigenvalue weighted by Crippen LogP contribution is 2.41. The zero-order chi connectivity index (χ0) is 56.7. The number of aryl methyl sites for hydroxylation is 1. The second-order valence-corrected chi connectivity index (χ2v) is 26.6. The van der Waals surface area contributed by atoms with Crippen molar-refractivity contribution >= 4 is 55.7 Å². The van der Waals surface area contributed by atoms with Gasteiger partial charge >= 0.3 is 0 Å². The summed E-state index contributed by atoms with van der Waals surface area (Å²) in [4.78, 5) is 60.2. The van der Waals surface area contributed by atoms with E-state index in [9.17, 15) is 22.4 Å². The first-order valence-corrected chi connectivity index (χ1v) is 29.5. The van der Waals surface area contributed by atoms with Gasteiger partial charge in [-0.15, -0.1) is 0 Å². The molecule has 426 valence electrons. The smallest absolute Gasteiger partial charge is 0.255 e. The normalized spacial score (nSPS) is 20.3. The van der Waals surface area contributed by atoms with E-state index in [0.29, 0.717) is 73.7 Å². The molecule has 3 fully saturated rings. The number of hydrogen-bond donors (Lipinski definition) is 3. The van der Waals surface area contributed by atoms with E-state index in [1.54, 1.807) is 51.2 Å². The maximum Gasteiger partial charge on any atom is 0.255 e. The fourth-order valence-corrected chi connectivity index (χ4v) is 12.7. The molecule has 0 aliphatic carbocycles. The van der Waals surface area contributed by atoms with Crippen LogP contribution in [0.5, 0.6) is 5.75 Å². The number of nitrogens with zero attached hydrogens (tertiary/aromatic N) is 11. The number of carbonyl (C=O) groups excluding carboxylic acids is 2. The Kier molecular flexibility index (Phi) is 16.3. The first-order chi connectivity index (χ1) is 38.1. The third-order valence-corrected chi connectivity index (χ3v) is 19.0. The van der Waals surface area contributed by atoms with Crippen LogP contribution in [0.25, 0.3) is 10.9 Å². The second-order valence-electron chi connectivity index (χ2n) is 23.9. The monoisotopic (exact) mass is 1110 g/mol. The van der Waals surface area contributed by atoms with E-state index in [0.717, 1.165) is 98.5 Å². The summed E-state index contributed by atoms with van der Waals surface area (Å²) in [7, 11) is -3.82. The Morgan fingerprint density at radius 3 is 2.35 bits per heavy atom. The van der Waals surface area contributed by atoms with E-state index >= 15 is 0 Å². The standard InChI is InChI=1S/C59H77FN14O5S/c1-38-32-73(35-53(75)74-36-59(8,9)54-49(74)26-43(29-63-54)25-42-11-14-45(60)15-12-42)46(31-61-38)34-71-22-23-72(33-39(71)2)57(76)44-13-16-52(62-30-44)70-20-18-69(19-21-70)17-10-24-79-50-28-48-47(27-51(50)80(77,78)58(5,6)7)56(65-37-64-48)66-55-40(3)41(4)67-68-55/h11-16,26-30,37-39,46,61H,10,17-25,31-36H2,1-9H3,(H2,64,65,66,67,68)/t38-,39-,46-/m1/s1. The summed E-state index contributed by atoms with van der Waals surface area (Å²) in [6.45, 7) is 26.9. The molecule has 8 heterocycles. The number of halogens is 1. The summed E-state index contributed by atoms with van der Waals surface area (Å²) in [5.41, 5.74) is 6.42. The van der Waals surface area contributed by atoms with Crippen LogP contribution in [0.3, 0.4) is 0 Å². The second kappa shape index (κ2) is 23.1. The molecule has 0 saturated carbocycles. The van der Waals surface area contributed by atoms with E-state index in [4.69, 9.17) is 14.7 Å². The van der Waals surface area contributed by atoms with Crippen molar-refractivity contribution in [3.8, 4) is 5.75 Å². The lowest BCUT2D eigenvalue weighted by Crippen LogP contribution is -2.63. The van der Waals surface area contributed by atoms with Crippen LogP contribution < -0.4 is 25.2 Å². The van der Waals surface area contributed by atoms with Crippen LogP contribution in [0.1, 0.15) is 93.3 Å². The van der Waals surface area contributed by atoms with Crippen LogP contribution in [0.15, 0.2) is 78.2 Å². The van der Waals surface area contributed by atoms with E-state index < -0.39 is 14.6 Å². The SMILES string of the molecule is Cc1[nH]nc(Nc2ncnc3cc(OCCCN4CCN(c5ccc(C(=O)N6CCN(C[C@H]7CN[C@H](C)CN7CC(=O)N7CC(C)(C)c8ncc(Cc9ccc(F)cc9)cc87)[C@H](C)C6)cn5)CC4)c(S(=O)(=O)C(C)(C)C)cc23)c1C. The number of amides is 2. The quantitative estimate of drug-likeness (QED) is 0.0883. The van der Waals surface area contributed by atoms with Gasteiger partial charge in [0, 0.05) is 137 Å². The Balaban J connectivity index is 0.692. The average Bonchev–Trinajstić information content (AvgIpc) is 3.98. The van der Waals surface area contributed by atoms with Gasteiger partial charge in [-0.1, -0.05) is 26.0 Å². The van der Waals surface area contributed by atoms with Crippen molar-refractivity contribution in [3.63, 3.8) is 0 Å². The van der Waals surface area contributed by atoms with Crippen molar-refractivity contribution in [2.24, 2.45) is 0 Å². The highest BCUT2D eigenvalue weighted by molar-refractivity contribution is 7.92. The number of aromatic nitrogens is 6. The molecular weight excluding hydrogens is 1040 g/mol. The van der Waals surface area contributed by atoms with Crippen LogP contribution in [0.4, 0.5) is 27.5 Å². The molecule has 4 aromatic heterocycles. The molecule has 3 saturated heterocycles. The molecule has 4 aliphatic rings. The highest BCUT2D eigenvalue weighted by atomic mass is 32.2. The van der Waals surface area contributed by atoms with Crippen LogP contribution in [-0.2, 0) is 26.5 Å². The molecule has 2 amide bonds. The van der Waals surface area contributed by atoms with E-state index in [2.05, 4.69) is 84.2 Å². The summed E-state index contributed by atoms with van der Waals surface area (Å²) in [6.07, 6.45) is 6.32. The maximum absolute atomic E-state index is 14.4. The minimum Gasteiger partial charge on any atom is -0.492 e. The van der Waals surface area contributed by atoms with Crippen molar-refractivity contribution in [3.05, 3.63) is 113 Å². The third-order valence-electron chi connectivity index (χ3n) is 16.4. The molecule has 4 aliphatic heterocycles. The molecule has 0 bridgehead atoms. The third kappa shape index (κ3) is 12.2. The van der Waals surface area contributed by atoms with E-state index in [1.165, 1.54) is 18.5 Å². The average molecular weight is 1110 g/mol. The number of fused-ring (bicyclic) bond motifs is 2. The van der Waals surface area contributed by atoms with Crippen LogP contribution >= 0.6 is 0 Å². The minimum absolute atomic E-state index is 0.0238. The number of pyridine rings is 2. The summed E-state index contributed by atoms with van der Waals surface area (Å²) in [5.74, 6) is 1.92. The molecule has 0 radical (unpaired) electrons. The predicted molar refractivity (Wildman–Crippen MR) is 309 cm³/mol. The fourth-order valence-electron chi connectivity index (χ4n) is 11.4. The van der Waals surface area contributed by atoms with Crippen LogP contribution in [-0.4, -0.2) is 185 Å². The number of H-pyrrole nitrogens is 1. The van der Waals surface area contributed by atoms with Gasteiger partial charge in [0.05, 0.1) is 40.4 Å². The number of ether oxygens (including phenoxy) is 1. The minimum atomic E-state index is -3.82. The lowest BCUT2D eigenvalue weighted by Gasteiger charge is -2.45. The summed E-state index contributed by atoms with van der Waals surface area (Å²) < 4.78 is 46.8. The lowest BCUT2D eigenvalue weighted by molar-refractivity contribution is -0.121. The van der Waals surface area contributed by atoms with Crippen LogP contribution in [0.2, 0.25) is 0 Å². The number of piperazine rings is 3. The number of aromatic amines is 1. The maximum atomic E-state index is 14.4. The molecule has 3 N–H and O–H groups in total. The zero-order valence-electron chi connectivity index (χ0n) is 47.7. The van der Waals surface area contributed by atoms with Gasteiger partial charge in [0.2, 0.25) is 5.91 Å². The Morgan fingerprint density at radius 2 is 1.65 bits per heavy atom. The predicted octanol–water partition coefficient (Wildman–Crippen LogP) is 6.53. The van der Waals surface area contributed by atoms with Gasteiger partial charge in [0.1, 0.15) is 34.4 Å². The van der Waals surface area contributed by atoms with Gasteiger partial charge in [-0.3, -0.25) is 34.4 Å². The topological polar surface area (TPSA) is 201 Å². The molecule has 2 aromatic carbocycles. The van der Waals surface area contributed by atoms with E-state index in [1.807, 2.05) is 42.0 Å². The molecule has 10 rings (SSSR count). The number of benzene rings is 2. The summed E-state index contributed by atoms with van der Waals surface area (Å²) in [5, 5.41) is 14.8. The summed E-state index contributed by atoms with van der Waals surface area (Å²) >= 11 is 0. The van der Waals surface area contributed by atoms with Crippen LogP contribution in [0, 0.1) is 19.7 Å². The number of nitrogens with one attached hydrogen (secondary N) is 3. The number of sulfone groups is 1. The highest BCUT2D eigenvalue weighted by Gasteiger charge is 2.42. The number of hydrogen-bond acceptors (Lipinski definition) is 16. The first-order valence-electron chi connectivity index (χ1n) is 28.0. The number of carbonyl (C=O) groups is 2. The van der Waals surface area contributed by atoms with Crippen molar-refractivity contribution < 1.29 is 27.1 Å². The molecule has 21 heteroatoms. The van der Waals surface area contributed by atoms with Gasteiger partial charge in [-0.05, 0) is 109 Å². The van der Waals surface area contributed by atoms with Gasteiger partial charge in [-0.2, -0.15) is 5.10 Å². The molecular formula is C59H77FN14O5S. The Bertz CT molecular complexity index is 3330. The van der Waals surface area contributed by atoms with Gasteiger partial charge in [0.25, 0.3) is 5.91 Å². The Labute approximate surface area is 469 Å². The lowest BCUT2D eigenvalue weighted by atomic mass is 9.91. The first kappa shape index (κ1) is 56.6. The van der Waals surface area contributed by atoms with Gasteiger partial charge in [-0.25, -0.2) is 27.8 Å². The van der Waals surface area contributed by atoms with E-state index in [-0.39, 0.29) is 51.8 Å². The zero-order valence-corrected chi connectivity index (χ0v) is 48.5. The van der Waals surface area contributed by atoms with Crippen molar-refractivity contribution in [1.29, 1.82) is 0 Å². The Hall–Kier alpha value is -6.65. The van der Waals surface area contributed by atoms with Crippen molar-refractivity contribution in [1.82, 2.24) is 55.0 Å². The molecule has 80 heavy (non-hydrogen) atoms. The summed E-state index contributed by atoms with van der Waals surface area (Å²) in [6, 6.07) is 16.2. The van der Waals surface area contributed by atoms with Crippen molar-refractivity contribution in [2.75, 3.05) is 107 Å². The molecule has 0 unspecified atom stereocenters. The fraction of sp³-hybridized carbons (Fsp3) is 0.508. The molecule has 3 atom stereocenters. The van der Waals surface area contributed by atoms with Gasteiger partial charge in [0.15, 0.2) is 15.7 Å². The molecule has 6 aromatic rings. The molecule has 0 spiro atoms.